The Morgan fingerprint density at radius 3 is 2.21 bits per heavy atom. The molecule has 156 valence electrons. The maximum atomic E-state index is 13.1. The van der Waals surface area contributed by atoms with E-state index in [0.717, 1.165) is 12.1 Å². The molecular weight excluding hydrogens is 434 g/mol. The van der Waals surface area contributed by atoms with E-state index in [1.165, 1.54) is 25.1 Å². The molecule has 2 rings (SSSR count). The fourth-order valence-electron chi connectivity index (χ4n) is 2.52. The monoisotopic (exact) mass is 449 g/mol. The highest BCUT2D eigenvalue weighted by Gasteiger charge is 2.31. The molecule has 0 spiro atoms. The van der Waals surface area contributed by atoms with Crippen LogP contribution in [0.5, 0.6) is 5.75 Å². The smallest absolute Gasteiger partial charge is 0.416 e. The third kappa shape index (κ3) is 6.83. The molecule has 1 amide bonds. The molecule has 0 atom stereocenters. The van der Waals surface area contributed by atoms with Gasteiger partial charge in [-0.3, -0.25) is 9.59 Å². The van der Waals surface area contributed by atoms with Crippen molar-refractivity contribution in [2.45, 2.75) is 32.5 Å². The average Bonchev–Trinajstić information content (AvgIpc) is 2.57. The van der Waals surface area contributed by atoms with E-state index in [0.29, 0.717) is 5.56 Å². The van der Waals surface area contributed by atoms with Crippen LogP contribution in [-0.2, 0) is 28.8 Å². The van der Waals surface area contributed by atoms with E-state index in [1.807, 2.05) is 0 Å². The molecule has 0 unspecified atom stereocenters. The predicted octanol–water partition coefficient (Wildman–Crippen LogP) is 5.57. The third-order valence-corrected chi connectivity index (χ3v) is 4.27. The molecule has 29 heavy (non-hydrogen) atoms. The lowest BCUT2D eigenvalue weighted by atomic mass is 10.1. The number of halogens is 5. The lowest BCUT2D eigenvalue weighted by Gasteiger charge is -2.15. The number of carboxylic acids is 1. The number of anilines is 1. The van der Waals surface area contributed by atoms with Crippen LogP contribution in [0, 0.1) is 0 Å². The first-order valence-electron chi connectivity index (χ1n) is 8.27. The quantitative estimate of drug-likeness (QED) is 0.579. The zero-order valence-corrected chi connectivity index (χ0v) is 16.6. The van der Waals surface area contributed by atoms with Gasteiger partial charge in [-0.05, 0) is 47.9 Å². The SMILES string of the molecule is CC(=O)Nc1cc(COc2c(Cl)cc(CCC(=O)O)cc2Cl)cc(C(F)(F)F)c1. The Kier molecular flexibility index (Phi) is 7.37. The van der Waals surface area contributed by atoms with E-state index in [2.05, 4.69) is 5.32 Å². The van der Waals surface area contributed by atoms with Crippen molar-refractivity contribution in [2.24, 2.45) is 0 Å². The van der Waals surface area contributed by atoms with Crippen LogP contribution in [0.2, 0.25) is 10.0 Å². The summed E-state index contributed by atoms with van der Waals surface area (Å²) in [5.74, 6) is -1.43. The highest BCUT2D eigenvalue weighted by Crippen LogP contribution is 2.36. The van der Waals surface area contributed by atoms with Crippen molar-refractivity contribution in [3.8, 4) is 5.75 Å². The molecule has 0 aliphatic carbocycles. The minimum absolute atomic E-state index is 0.0212. The number of ether oxygens (including phenoxy) is 1. The van der Waals surface area contributed by atoms with Crippen LogP contribution in [0.25, 0.3) is 0 Å². The third-order valence-electron chi connectivity index (χ3n) is 3.71. The van der Waals surface area contributed by atoms with E-state index >= 15 is 0 Å². The average molecular weight is 450 g/mol. The number of carboxylic acid groups (broad SMARTS) is 1. The topological polar surface area (TPSA) is 75.6 Å². The first-order chi connectivity index (χ1) is 13.5. The molecule has 0 bridgehead atoms. The Hall–Kier alpha value is -2.45. The first kappa shape index (κ1) is 22.8. The molecule has 2 N–H and O–H groups in total. The second-order valence-electron chi connectivity index (χ2n) is 6.17. The molecule has 0 radical (unpaired) electrons. The number of benzene rings is 2. The summed E-state index contributed by atoms with van der Waals surface area (Å²) in [5, 5.41) is 11.3. The van der Waals surface area contributed by atoms with Crippen molar-refractivity contribution >= 4 is 40.8 Å². The zero-order valence-electron chi connectivity index (χ0n) is 15.1. The summed E-state index contributed by atoms with van der Waals surface area (Å²) in [6, 6.07) is 6.04. The van der Waals surface area contributed by atoms with Gasteiger partial charge in [0.1, 0.15) is 6.61 Å². The second-order valence-corrected chi connectivity index (χ2v) is 6.98. The number of carbonyl (C=O) groups excluding carboxylic acids is 1. The number of hydrogen-bond donors (Lipinski definition) is 2. The molecule has 10 heteroatoms. The summed E-state index contributed by atoms with van der Waals surface area (Å²) in [4.78, 5) is 21.9. The number of alkyl halides is 3. The highest BCUT2D eigenvalue weighted by molar-refractivity contribution is 6.37. The van der Waals surface area contributed by atoms with Gasteiger partial charge in [0.2, 0.25) is 5.91 Å². The standard InChI is InChI=1S/C19H16Cl2F3NO4/c1-10(26)25-14-5-12(4-13(8-14)19(22,23)24)9-29-18-15(20)6-11(7-16(18)21)2-3-17(27)28/h4-8H,2-3,9H2,1H3,(H,25,26)(H,27,28). The molecule has 0 fully saturated rings. The van der Waals surface area contributed by atoms with E-state index in [-0.39, 0.29) is 46.5 Å². The summed E-state index contributed by atoms with van der Waals surface area (Å²) in [5.41, 5.74) is -0.233. The van der Waals surface area contributed by atoms with Crippen LogP contribution in [0.3, 0.4) is 0 Å². The lowest BCUT2D eigenvalue weighted by molar-refractivity contribution is -0.138. The maximum absolute atomic E-state index is 13.1. The molecule has 2 aromatic rings. The Labute approximate surface area is 174 Å². The van der Waals surface area contributed by atoms with E-state index in [9.17, 15) is 22.8 Å². The van der Waals surface area contributed by atoms with Gasteiger partial charge in [-0.1, -0.05) is 23.2 Å². The van der Waals surface area contributed by atoms with E-state index in [1.54, 1.807) is 0 Å². The van der Waals surface area contributed by atoms with Gasteiger partial charge in [0.05, 0.1) is 15.6 Å². The molecule has 2 aromatic carbocycles. The maximum Gasteiger partial charge on any atom is 0.416 e. The normalized spacial score (nSPS) is 11.2. The molecule has 0 heterocycles. The van der Waals surface area contributed by atoms with Crippen molar-refractivity contribution in [1.29, 1.82) is 0 Å². The Balaban J connectivity index is 2.24. The number of carbonyl (C=O) groups is 2. The summed E-state index contributed by atoms with van der Waals surface area (Å²) in [6.45, 7) is 0.895. The van der Waals surface area contributed by atoms with E-state index < -0.39 is 23.6 Å². The summed E-state index contributed by atoms with van der Waals surface area (Å²) >= 11 is 12.3. The lowest BCUT2D eigenvalue weighted by Crippen LogP contribution is -2.11. The van der Waals surface area contributed by atoms with Gasteiger partial charge < -0.3 is 15.2 Å². The first-order valence-corrected chi connectivity index (χ1v) is 9.02. The molecule has 0 saturated carbocycles. The number of nitrogens with one attached hydrogen (secondary N) is 1. The van der Waals surface area contributed by atoms with Gasteiger partial charge in [0.15, 0.2) is 5.75 Å². The van der Waals surface area contributed by atoms with Crippen LogP contribution < -0.4 is 10.1 Å². The van der Waals surface area contributed by atoms with Gasteiger partial charge in [-0.25, -0.2) is 0 Å². The van der Waals surface area contributed by atoms with Crippen LogP contribution in [-0.4, -0.2) is 17.0 Å². The molecule has 0 aromatic heterocycles. The minimum Gasteiger partial charge on any atom is -0.486 e. The fraction of sp³-hybridized carbons (Fsp3) is 0.263. The van der Waals surface area contributed by atoms with Crippen molar-refractivity contribution in [1.82, 2.24) is 0 Å². The Morgan fingerprint density at radius 2 is 1.69 bits per heavy atom. The van der Waals surface area contributed by atoms with Crippen LogP contribution in [0.15, 0.2) is 30.3 Å². The van der Waals surface area contributed by atoms with Gasteiger partial charge in [0, 0.05) is 19.0 Å². The second kappa shape index (κ2) is 9.37. The van der Waals surface area contributed by atoms with E-state index in [4.69, 9.17) is 33.0 Å². The Morgan fingerprint density at radius 1 is 1.07 bits per heavy atom. The Bertz CT molecular complexity index is 909. The number of amides is 1. The molecule has 5 nitrogen and oxygen atoms in total. The van der Waals surface area contributed by atoms with Crippen molar-refractivity contribution in [3.63, 3.8) is 0 Å². The minimum atomic E-state index is -4.61. The van der Waals surface area contributed by atoms with Gasteiger partial charge in [-0.2, -0.15) is 13.2 Å². The van der Waals surface area contributed by atoms with Crippen LogP contribution in [0.4, 0.5) is 18.9 Å². The zero-order chi connectivity index (χ0) is 21.8. The van der Waals surface area contributed by atoms with Crippen molar-refractivity contribution < 1.29 is 32.6 Å². The van der Waals surface area contributed by atoms with Gasteiger partial charge >= 0.3 is 12.1 Å². The summed E-state index contributed by atoms with van der Waals surface area (Å²) < 4.78 is 44.8. The van der Waals surface area contributed by atoms with Crippen LogP contribution in [0.1, 0.15) is 30.0 Å². The molecular formula is C19H16Cl2F3NO4. The number of aliphatic carboxylic acids is 1. The van der Waals surface area contributed by atoms with Crippen molar-refractivity contribution in [3.05, 3.63) is 57.1 Å². The van der Waals surface area contributed by atoms with Gasteiger partial charge in [-0.15, -0.1) is 0 Å². The summed E-state index contributed by atoms with van der Waals surface area (Å²) in [6.07, 6.45) is -4.50. The largest absolute Gasteiger partial charge is 0.486 e. The van der Waals surface area contributed by atoms with Gasteiger partial charge in [0.25, 0.3) is 0 Å². The van der Waals surface area contributed by atoms with Crippen molar-refractivity contribution in [2.75, 3.05) is 5.32 Å². The highest BCUT2D eigenvalue weighted by atomic mass is 35.5. The predicted molar refractivity (Wildman–Crippen MR) is 102 cm³/mol. The number of rotatable bonds is 7. The summed E-state index contributed by atoms with van der Waals surface area (Å²) in [7, 11) is 0. The molecule has 0 saturated heterocycles. The fourth-order valence-corrected chi connectivity index (χ4v) is 3.16. The number of hydrogen-bond acceptors (Lipinski definition) is 3. The molecule has 0 aliphatic heterocycles. The van der Waals surface area contributed by atoms with Crippen LogP contribution >= 0.6 is 23.2 Å². The molecule has 0 aliphatic rings. The number of aryl methyl sites for hydroxylation is 1.